The molecule has 0 aliphatic rings. The molecule has 0 spiro atoms. The number of hydrogen-bond acceptors (Lipinski definition) is 2. The van der Waals surface area contributed by atoms with Crippen molar-refractivity contribution in [3.05, 3.63) is 181 Å². The summed E-state index contributed by atoms with van der Waals surface area (Å²) in [5.74, 6) is 0. The lowest BCUT2D eigenvalue weighted by molar-refractivity contribution is 0.591. The first kappa shape index (κ1) is 34.1. The van der Waals surface area contributed by atoms with Crippen LogP contribution in [0, 0.1) is 0 Å². The first-order chi connectivity index (χ1) is 30.3. The van der Waals surface area contributed by atoms with Gasteiger partial charge in [0.1, 0.15) is 22.3 Å². The van der Waals surface area contributed by atoms with Crippen LogP contribution in [0.4, 0.5) is 0 Å². The van der Waals surface area contributed by atoms with Gasteiger partial charge in [-0.05, 0) is 140 Å². The van der Waals surface area contributed by atoms with Crippen molar-refractivity contribution < 1.29 is 8.83 Å². The third kappa shape index (κ3) is 4.69. The Morgan fingerprint density at radius 3 is 1.44 bits per heavy atom. The van der Waals surface area contributed by atoms with Crippen molar-refractivity contribution in [2.45, 2.75) is 26.2 Å². The van der Waals surface area contributed by atoms with Gasteiger partial charge in [0, 0.05) is 27.1 Å². The molecule has 2 aromatic heterocycles. The van der Waals surface area contributed by atoms with Crippen LogP contribution in [0.5, 0.6) is 0 Å². The molecule has 62 heavy (non-hydrogen) atoms. The zero-order chi connectivity index (χ0) is 41.0. The van der Waals surface area contributed by atoms with Gasteiger partial charge in [-0.1, -0.05) is 160 Å². The monoisotopic (exact) mass is 790 g/mol. The van der Waals surface area contributed by atoms with E-state index in [0.717, 1.165) is 60.6 Å². The van der Waals surface area contributed by atoms with Gasteiger partial charge < -0.3 is 8.83 Å². The standard InChI is InChI=1S/C60H38O2/c1-60(2,3)42-28-40-13-12-36-14-21-43(45-24-17-41(29-42)56(40)57(36)45)39-20-27-53-51(32-39)50-31-38(18-25-52(50)61-53)37-19-26-54-49(30-37)48-9-5-8-47(59(48)62-54)44-22-15-35-11-10-33-6-4-7-34-16-23-46(44)58(35)55(33)34/h4-32H,1-3H3. The number of furan rings is 2. The Kier molecular flexibility index (Phi) is 6.59. The Morgan fingerprint density at radius 2 is 0.774 bits per heavy atom. The van der Waals surface area contributed by atoms with Crippen LogP contribution in [0.15, 0.2) is 185 Å². The van der Waals surface area contributed by atoms with Crippen LogP contribution in [0.1, 0.15) is 26.3 Å². The average Bonchev–Trinajstić information content (AvgIpc) is 3.87. The molecular weight excluding hydrogens is 753 g/mol. The van der Waals surface area contributed by atoms with E-state index in [4.69, 9.17) is 8.83 Å². The van der Waals surface area contributed by atoms with Crippen LogP contribution in [0.3, 0.4) is 0 Å². The van der Waals surface area contributed by atoms with Gasteiger partial charge in [0.15, 0.2) is 0 Å². The molecule has 0 radical (unpaired) electrons. The smallest absolute Gasteiger partial charge is 0.143 e. The third-order valence-corrected chi connectivity index (χ3v) is 13.9. The van der Waals surface area contributed by atoms with Crippen molar-refractivity contribution in [2.24, 2.45) is 0 Å². The quantitative estimate of drug-likeness (QED) is 0.167. The lowest BCUT2D eigenvalue weighted by atomic mass is 9.82. The van der Waals surface area contributed by atoms with Gasteiger partial charge in [-0.25, -0.2) is 0 Å². The highest BCUT2D eigenvalue weighted by Crippen LogP contribution is 2.45. The van der Waals surface area contributed by atoms with Crippen LogP contribution >= 0.6 is 0 Å². The van der Waals surface area contributed by atoms with Gasteiger partial charge in [0.05, 0.1) is 0 Å². The summed E-state index contributed by atoms with van der Waals surface area (Å²) in [5, 5.41) is 20.0. The number of fused-ring (bicyclic) bond motifs is 6. The van der Waals surface area contributed by atoms with Crippen LogP contribution in [0.2, 0.25) is 0 Å². The van der Waals surface area contributed by atoms with Gasteiger partial charge in [0.2, 0.25) is 0 Å². The van der Waals surface area contributed by atoms with Gasteiger partial charge >= 0.3 is 0 Å². The van der Waals surface area contributed by atoms with Crippen molar-refractivity contribution in [1.29, 1.82) is 0 Å². The van der Waals surface area contributed by atoms with E-state index in [1.165, 1.54) is 86.9 Å². The highest BCUT2D eigenvalue weighted by atomic mass is 16.3. The van der Waals surface area contributed by atoms with Gasteiger partial charge in [-0.15, -0.1) is 0 Å². The number of benzene rings is 12. The molecule has 0 aliphatic heterocycles. The number of hydrogen-bond donors (Lipinski definition) is 0. The first-order valence-electron chi connectivity index (χ1n) is 21.6. The minimum Gasteiger partial charge on any atom is -0.456 e. The highest BCUT2D eigenvalue weighted by molar-refractivity contribution is 6.27. The van der Waals surface area contributed by atoms with Crippen molar-refractivity contribution in [1.82, 2.24) is 0 Å². The maximum absolute atomic E-state index is 6.76. The molecule has 0 fully saturated rings. The molecule has 290 valence electrons. The molecule has 0 atom stereocenters. The van der Waals surface area contributed by atoms with Crippen LogP contribution < -0.4 is 0 Å². The first-order valence-corrected chi connectivity index (χ1v) is 21.6. The van der Waals surface area contributed by atoms with E-state index >= 15 is 0 Å². The fraction of sp³-hybridized carbons (Fsp3) is 0.0667. The number of rotatable bonds is 3. The molecule has 0 bridgehead atoms. The van der Waals surface area contributed by atoms with Crippen LogP contribution in [-0.2, 0) is 5.41 Å². The molecule has 14 aromatic rings. The van der Waals surface area contributed by atoms with E-state index in [2.05, 4.69) is 197 Å². The van der Waals surface area contributed by atoms with E-state index < -0.39 is 0 Å². The Morgan fingerprint density at radius 1 is 0.306 bits per heavy atom. The fourth-order valence-electron chi connectivity index (χ4n) is 10.8. The summed E-state index contributed by atoms with van der Waals surface area (Å²) in [6, 6.07) is 65.1. The van der Waals surface area contributed by atoms with E-state index in [1.54, 1.807) is 0 Å². The minimum atomic E-state index is 0.0801. The largest absolute Gasteiger partial charge is 0.456 e. The molecule has 0 unspecified atom stereocenters. The van der Waals surface area contributed by atoms with Crippen LogP contribution in [-0.4, -0.2) is 0 Å². The molecule has 2 heteroatoms. The van der Waals surface area contributed by atoms with Crippen molar-refractivity contribution in [3.8, 4) is 33.4 Å². The zero-order valence-electron chi connectivity index (χ0n) is 34.6. The van der Waals surface area contributed by atoms with Gasteiger partial charge in [-0.2, -0.15) is 0 Å². The predicted octanol–water partition coefficient (Wildman–Crippen LogP) is 17.6. The summed E-state index contributed by atoms with van der Waals surface area (Å²) < 4.78 is 13.2. The summed E-state index contributed by atoms with van der Waals surface area (Å²) in [6.45, 7) is 6.88. The van der Waals surface area contributed by atoms with Crippen molar-refractivity contribution in [2.75, 3.05) is 0 Å². The maximum Gasteiger partial charge on any atom is 0.143 e. The topological polar surface area (TPSA) is 26.3 Å². The molecule has 0 saturated heterocycles. The van der Waals surface area contributed by atoms with Crippen molar-refractivity contribution in [3.63, 3.8) is 0 Å². The van der Waals surface area contributed by atoms with E-state index in [1.807, 2.05) is 0 Å². The van der Waals surface area contributed by atoms with Crippen LogP contribution in [0.25, 0.3) is 142 Å². The summed E-state index contributed by atoms with van der Waals surface area (Å²) in [5.41, 5.74) is 12.0. The Hall–Kier alpha value is -7.68. The fourth-order valence-corrected chi connectivity index (χ4v) is 10.8. The summed E-state index contributed by atoms with van der Waals surface area (Å²) in [6.07, 6.45) is 0. The lowest BCUT2D eigenvalue weighted by Gasteiger charge is -2.22. The second-order valence-electron chi connectivity index (χ2n) is 18.4. The molecule has 12 aromatic carbocycles. The molecule has 14 rings (SSSR count). The van der Waals surface area contributed by atoms with E-state index in [9.17, 15) is 0 Å². The molecule has 0 amide bonds. The third-order valence-electron chi connectivity index (χ3n) is 13.9. The second kappa shape index (κ2) is 12.0. The summed E-state index contributed by atoms with van der Waals surface area (Å²) >= 11 is 0. The molecule has 0 N–H and O–H groups in total. The Labute approximate surface area is 356 Å². The Bertz CT molecular complexity index is 4150. The molecular formula is C60H38O2. The lowest BCUT2D eigenvalue weighted by Crippen LogP contribution is -2.10. The van der Waals surface area contributed by atoms with Crippen molar-refractivity contribution >= 4 is 109 Å². The SMILES string of the molecule is CC(C)(C)c1cc2ccc3ccc(-c4ccc5oc6ccc(-c7ccc8oc9c(-c%10ccc%11ccc%12cccc%13ccc%10c%11c%12%13)cccc9c8c7)cc6c5c4)c4ccc(c1)c2c34. The molecule has 0 saturated carbocycles. The number of para-hydroxylation sites is 1. The highest BCUT2D eigenvalue weighted by Gasteiger charge is 2.21. The maximum atomic E-state index is 6.76. The molecule has 0 aliphatic carbocycles. The predicted molar refractivity (Wildman–Crippen MR) is 263 cm³/mol. The minimum absolute atomic E-state index is 0.0801. The van der Waals surface area contributed by atoms with Gasteiger partial charge in [0.25, 0.3) is 0 Å². The molecule has 2 nitrogen and oxygen atoms in total. The second-order valence-corrected chi connectivity index (χ2v) is 18.4. The summed E-state index contributed by atoms with van der Waals surface area (Å²) in [4.78, 5) is 0. The molecule has 2 heterocycles. The Balaban J connectivity index is 0.889. The van der Waals surface area contributed by atoms with E-state index in [0.29, 0.717) is 0 Å². The zero-order valence-corrected chi connectivity index (χ0v) is 34.6. The average molecular weight is 791 g/mol. The normalized spacial score (nSPS) is 12.8. The van der Waals surface area contributed by atoms with Gasteiger partial charge in [-0.3, -0.25) is 0 Å². The summed E-state index contributed by atoms with van der Waals surface area (Å²) in [7, 11) is 0. The van der Waals surface area contributed by atoms with E-state index in [-0.39, 0.29) is 5.41 Å².